The first-order valence-corrected chi connectivity index (χ1v) is 9.36. The molecule has 4 saturated carbocycles. The molecule has 8 unspecified atom stereocenters. The molecule has 8 atom stereocenters. The average molecular weight is 320 g/mol. The molecule has 0 saturated heterocycles. The van der Waals surface area contributed by atoms with Crippen LogP contribution in [0.1, 0.15) is 58.8 Å². The van der Waals surface area contributed by atoms with Crippen LogP contribution in [-0.2, 0) is 14.3 Å². The van der Waals surface area contributed by atoms with Crippen LogP contribution in [-0.4, -0.2) is 22.6 Å². The molecule has 0 radical (unpaired) electrons. The van der Waals surface area contributed by atoms with E-state index in [1.54, 1.807) is 0 Å². The van der Waals surface area contributed by atoms with Crippen LogP contribution < -0.4 is 0 Å². The van der Waals surface area contributed by atoms with E-state index < -0.39 is 24.0 Å². The fourth-order valence-electron chi connectivity index (χ4n) is 7.10. The Morgan fingerprint density at radius 3 is 2.43 bits per heavy atom. The number of rotatable bonds is 5. The molecular formula is C19H28O4. The van der Waals surface area contributed by atoms with Crippen molar-refractivity contribution < 1.29 is 19.4 Å². The summed E-state index contributed by atoms with van der Waals surface area (Å²) in [6.07, 6.45) is 7.04. The van der Waals surface area contributed by atoms with Gasteiger partial charge < -0.3 is 9.84 Å². The number of aliphatic carboxylic acids is 1. The van der Waals surface area contributed by atoms with Crippen LogP contribution in [0.3, 0.4) is 0 Å². The van der Waals surface area contributed by atoms with E-state index in [9.17, 15) is 9.59 Å². The van der Waals surface area contributed by atoms with Crippen molar-refractivity contribution in [2.75, 3.05) is 0 Å². The van der Waals surface area contributed by atoms with Crippen LogP contribution in [0, 0.1) is 41.4 Å². The predicted octanol–water partition coefficient (Wildman–Crippen LogP) is 3.49. The summed E-state index contributed by atoms with van der Waals surface area (Å²) in [4.78, 5) is 22.7. The van der Waals surface area contributed by atoms with Crippen molar-refractivity contribution in [3.8, 4) is 0 Å². The highest BCUT2D eigenvalue weighted by Gasteiger charge is 2.64. The lowest BCUT2D eigenvalue weighted by Gasteiger charge is -2.45. The van der Waals surface area contributed by atoms with Gasteiger partial charge in [-0.15, -0.1) is 0 Å². The quantitative estimate of drug-likeness (QED) is 0.478. The van der Waals surface area contributed by atoms with Gasteiger partial charge in [-0.05, 0) is 81.0 Å². The number of hydrogen-bond acceptors (Lipinski definition) is 3. The molecule has 0 aliphatic heterocycles. The number of esters is 1. The molecule has 0 amide bonds. The minimum atomic E-state index is -1.10. The zero-order valence-electron chi connectivity index (χ0n) is 14.2. The summed E-state index contributed by atoms with van der Waals surface area (Å²) in [6, 6.07) is 0. The number of carbonyl (C=O) groups is 2. The standard InChI is InChI=1S/C19H28O4/c1-3-19(2,23-16(22)9-15(20)21)14-8-12-7-13(14)18-11-5-4-10(6-11)17(12)18/h10-14,17-18H,3-9H2,1-2H3,(H,20,21). The first-order chi connectivity index (χ1) is 10.9. The summed E-state index contributed by atoms with van der Waals surface area (Å²) in [6.45, 7) is 4.11. The van der Waals surface area contributed by atoms with E-state index in [0.717, 1.165) is 36.0 Å². The van der Waals surface area contributed by atoms with E-state index in [1.165, 1.54) is 32.1 Å². The first kappa shape index (κ1) is 15.5. The molecule has 128 valence electrons. The van der Waals surface area contributed by atoms with E-state index in [1.807, 2.05) is 6.92 Å². The summed E-state index contributed by atoms with van der Waals surface area (Å²) >= 11 is 0. The molecule has 4 aliphatic rings. The molecule has 4 aliphatic carbocycles. The predicted molar refractivity (Wildman–Crippen MR) is 84.6 cm³/mol. The Morgan fingerprint density at radius 1 is 1.09 bits per heavy atom. The summed E-state index contributed by atoms with van der Waals surface area (Å²) < 4.78 is 5.74. The van der Waals surface area contributed by atoms with Gasteiger partial charge in [0, 0.05) is 5.92 Å². The number of ether oxygens (including phenoxy) is 1. The molecule has 23 heavy (non-hydrogen) atoms. The highest BCUT2D eigenvalue weighted by Crippen LogP contribution is 2.70. The van der Waals surface area contributed by atoms with Gasteiger partial charge in [0.2, 0.25) is 0 Å². The van der Waals surface area contributed by atoms with Gasteiger partial charge >= 0.3 is 11.9 Å². The molecule has 4 nitrogen and oxygen atoms in total. The Kier molecular flexibility index (Phi) is 3.51. The Balaban J connectivity index is 1.51. The molecule has 0 aromatic rings. The van der Waals surface area contributed by atoms with Crippen LogP contribution in [0.5, 0.6) is 0 Å². The molecule has 4 rings (SSSR count). The van der Waals surface area contributed by atoms with Gasteiger partial charge in [-0.25, -0.2) is 0 Å². The lowest BCUT2D eigenvalue weighted by Crippen LogP contribution is -2.46. The Labute approximate surface area is 138 Å². The molecule has 0 aromatic carbocycles. The lowest BCUT2D eigenvalue weighted by atomic mass is 9.63. The van der Waals surface area contributed by atoms with Gasteiger partial charge in [0.25, 0.3) is 0 Å². The van der Waals surface area contributed by atoms with Crippen LogP contribution in [0.2, 0.25) is 0 Å². The third-order valence-corrected chi connectivity index (χ3v) is 7.86. The van der Waals surface area contributed by atoms with Crippen molar-refractivity contribution in [3.05, 3.63) is 0 Å². The lowest BCUT2D eigenvalue weighted by molar-refractivity contribution is -0.172. The van der Waals surface area contributed by atoms with E-state index >= 15 is 0 Å². The Hall–Kier alpha value is -1.06. The second-order valence-electron chi connectivity index (χ2n) is 8.70. The fraction of sp³-hybridized carbons (Fsp3) is 0.895. The van der Waals surface area contributed by atoms with Crippen molar-refractivity contribution >= 4 is 11.9 Å². The number of hydrogen-bond donors (Lipinski definition) is 1. The normalized spacial score (nSPS) is 45.7. The highest BCUT2D eigenvalue weighted by molar-refractivity contribution is 5.90. The molecule has 4 bridgehead atoms. The number of carboxylic acids is 1. The van der Waals surface area contributed by atoms with Crippen molar-refractivity contribution in [1.82, 2.24) is 0 Å². The second kappa shape index (κ2) is 5.22. The maximum absolute atomic E-state index is 11.9. The molecule has 1 N–H and O–H groups in total. The van der Waals surface area contributed by atoms with Crippen molar-refractivity contribution in [2.45, 2.75) is 64.4 Å². The summed E-state index contributed by atoms with van der Waals surface area (Å²) in [5.74, 6) is 3.98. The number of carboxylic acid groups (broad SMARTS) is 1. The van der Waals surface area contributed by atoms with E-state index in [4.69, 9.17) is 9.84 Å². The number of fused-ring (bicyclic) bond motifs is 9. The second-order valence-corrected chi connectivity index (χ2v) is 8.70. The third kappa shape index (κ3) is 2.24. The summed E-state index contributed by atoms with van der Waals surface area (Å²) in [5.41, 5.74) is -0.487. The van der Waals surface area contributed by atoms with Crippen LogP contribution in [0.15, 0.2) is 0 Å². The van der Waals surface area contributed by atoms with Gasteiger partial charge in [0.1, 0.15) is 12.0 Å². The van der Waals surface area contributed by atoms with Gasteiger partial charge in [-0.3, -0.25) is 9.59 Å². The Morgan fingerprint density at radius 2 is 1.78 bits per heavy atom. The topological polar surface area (TPSA) is 63.6 Å². The zero-order chi connectivity index (χ0) is 16.4. The fourth-order valence-corrected chi connectivity index (χ4v) is 7.10. The monoisotopic (exact) mass is 320 g/mol. The molecule has 0 aromatic heterocycles. The maximum atomic E-state index is 11.9. The van der Waals surface area contributed by atoms with Gasteiger partial charge in [-0.2, -0.15) is 0 Å². The van der Waals surface area contributed by atoms with Crippen molar-refractivity contribution in [3.63, 3.8) is 0 Å². The SMILES string of the molecule is CCC(C)(OC(=O)CC(=O)O)C1CC2CC1C1C3CCC(C3)C21. The minimum absolute atomic E-state index is 0.427. The third-order valence-electron chi connectivity index (χ3n) is 7.86. The van der Waals surface area contributed by atoms with Gasteiger partial charge in [0.05, 0.1) is 0 Å². The largest absolute Gasteiger partial charge is 0.481 e. The molecular weight excluding hydrogens is 292 g/mol. The number of carbonyl (C=O) groups excluding carboxylic acids is 1. The van der Waals surface area contributed by atoms with Crippen molar-refractivity contribution in [1.29, 1.82) is 0 Å². The van der Waals surface area contributed by atoms with Crippen LogP contribution in [0.4, 0.5) is 0 Å². The van der Waals surface area contributed by atoms with E-state index in [-0.39, 0.29) is 0 Å². The van der Waals surface area contributed by atoms with E-state index in [2.05, 4.69) is 6.92 Å². The minimum Gasteiger partial charge on any atom is -0.481 e. The van der Waals surface area contributed by atoms with Crippen molar-refractivity contribution in [2.24, 2.45) is 41.4 Å². The van der Waals surface area contributed by atoms with E-state index in [0.29, 0.717) is 11.8 Å². The summed E-state index contributed by atoms with van der Waals surface area (Å²) in [7, 11) is 0. The molecule has 0 heterocycles. The average Bonchev–Trinajstić information content (AvgIpc) is 3.23. The first-order valence-electron chi connectivity index (χ1n) is 9.36. The zero-order valence-corrected chi connectivity index (χ0v) is 14.2. The van der Waals surface area contributed by atoms with Crippen LogP contribution >= 0.6 is 0 Å². The van der Waals surface area contributed by atoms with Gasteiger partial charge in [-0.1, -0.05) is 6.92 Å². The Bertz CT molecular complexity index is 529. The highest BCUT2D eigenvalue weighted by atomic mass is 16.6. The van der Waals surface area contributed by atoms with Gasteiger partial charge in [0.15, 0.2) is 0 Å². The smallest absolute Gasteiger partial charge is 0.317 e. The molecule has 0 spiro atoms. The molecule has 4 fully saturated rings. The maximum Gasteiger partial charge on any atom is 0.317 e. The summed E-state index contributed by atoms with van der Waals surface area (Å²) in [5, 5.41) is 8.82. The molecule has 4 heteroatoms. The van der Waals surface area contributed by atoms with Crippen LogP contribution in [0.25, 0.3) is 0 Å².